The van der Waals surface area contributed by atoms with Crippen molar-refractivity contribution in [3.8, 4) is 0 Å². The van der Waals surface area contributed by atoms with Gasteiger partial charge in [-0.3, -0.25) is 0 Å². The summed E-state index contributed by atoms with van der Waals surface area (Å²) in [6, 6.07) is 16.1. The normalized spacial score (nSPS) is 22.5. The number of rotatable bonds is 5. The molecule has 1 aliphatic carbocycles. The van der Waals surface area contributed by atoms with Gasteiger partial charge < -0.3 is 14.7 Å². The molecule has 2 aromatic rings. The van der Waals surface area contributed by atoms with Crippen molar-refractivity contribution in [1.82, 2.24) is 19.0 Å². The van der Waals surface area contributed by atoms with Crippen molar-refractivity contribution in [2.75, 3.05) is 33.2 Å². The van der Waals surface area contributed by atoms with Gasteiger partial charge in [0.15, 0.2) is 0 Å². The second-order valence-corrected chi connectivity index (χ2v) is 12.9. The lowest BCUT2D eigenvalue weighted by Gasteiger charge is -2.46. The van der Waals surface area contributed by atoms with E-state index in [4.69, 9.17) is 11.6 Å². The molecule has 5 rings (SSSR count). The number of amides is 2. The summed E-state index contributed by atoms with van der Waals surface area (Å²) in [5.74, 6) is 0. The second-order valence-electron chi connectivity index (χ2n) is 9.39. The third kappa shape index (κ3) is 5.03. The zero-order chi connectivity index (χ0) is 25.4. The predicted molar refractivity (Wildman–Crippen MR) is 149 cm³/mol. The van der Waals surface area contributed by atoms with E-state index in [1.807, 2.05) is 54.6 Å². The van der Waals surface area contributed by atoms with Crippen LogP contribution in [0.15, 0.2) is 76.3 Å². The number of carbonyl (C=O) groups is 1. The van der Waals surface area contributed by atoms with E-state index in [2.05, 4.69) is 39.4 Å². The van der Waals surface area contributed by atoms with Crippen LogP contribution >= 0.6 is 34.2 Å². The van der Waals surface area contributed by atoms with E-state index in [0.29, 0.717) is 30.4 Å². The highest BCUT2D eigenvalue weighted by atomic mass is 127. The number of allylic oxidation sites excluding steroid dienone is 1. The number of carbonyl (C=O) groups excluding carboxylic acids is 1. The summed E-state index contributed by atoms with van der Waals surface area (Å²) in [5, 5.41) is 0.560. The van der Waals surface area contributed by atoms with Crippen LogP contribution in [-0.4, -0.2) is 72.7 Å². The predicted octanol–water partition coefficient (Wildman–Crippen LogP) is 4.41. The van der Waals surface area contributed by atoms with E-state index in [-0.39, 0.29) is 17.9 Å². The number of nitrogens with zero attached hydrogens (tertiary/aromatic N) is 4. The first-order valence-corrected chi connectivity index (χ1v) is 14.8. The van der Waals surface area contributed by atoms with E-state index in [9.17, 15) is 13.2 Å². The smallest absolute Gasteiger partial charge is 0.335 e. The molecular formula is C26H28ClIN4O3S. The molecule has 36 heavy (non-hydrogen) atoms. The molecule has 0 N–H and O–H groups in total. The topological polar surface area (TPSA) is 64.2 Å². The minimum absolute atomic E-state index is 0.0208. The number of urea groups is 1. The Labute approximate surface area is 231 Å². The van der Waals surface area contributed by atoms with Gasteiger partial charge in [-0.15, -0.1) is 0 Å². The summed E-state index contributed by atoms with van der Waals surface area (Å²) in [6.45, 7) is 3.32. The average molecular weight is 639 g/mol. The van der Waals surface area contributed by atoms with E-state index >= 15 is 0 Å². The third-order valence-corrected chi connectivity index (χ3v) is 9.80. The lowest BCUT2D eigenvalue weighted by Crippen LogP contribution is -2.59. The van der Waals surface area contributed by atoms with Crippen molar-refractivity contribution in [1.29, 1.82) is 0 Å². The van der Waals surface area contributed by atoms with Crippen LogP contribution in [0.25, 0.3) is 0 Å². The van der Waals surface area contributed by atoms with E-state index in [1.54, 1.807) is 11.0 Å². The van der Waals surface area contributed by atoms with Crippen LogP contribution < -0.4 is 0 Å². The Kier molecular flexibility index (Phi) is 7.35. The molecule has 2 aliphatic heterocycles. The van der Waals surface area contributed by atoms with Crippen LogP contribution in [0.2, 0.25) is 0 Å². The standard InChI is InChI=1S/C26H28ClIN4O3S/c1-29-11-13-30(14-12-29)23-15-21(27)16-24-25(23)36(34,35)32(18-20-7-9-22(28)10-8-20)26(33)31(24)17-19-5-3-2-4-6-19/h2-10,15,24H,11-14,16-18H2,1H3. The van der Waals surface area contributed by atoms with Gasteiger partial charge in [-0.2, -0.15) is 0 Å². The molecule has 190 valence electrons. The number of piperazine rings is 1. The average Bonchev–Trinajstić information content (AvgIpc) is 2.86. The summed E-state index contributed by atoms with van der Waals surface area (Å²) >= 11 is 8.82. The van der Waals surface area contributed by atoms with Gasteiger partial charge in [-0.25, -0.2) is 17.5 Å². The van der Waals surface area contributed by atoms with Gasteiger partial charge in [0.1, 0.15) is 4.91 Å². The summed E-state index contributed by atoms with van der Waals surface area (Å²) < 4.78 is 30.4. The highest BCUT2D eigenvalue weighted by molar-refractivity contribution is 14.1. The lowest BCUT2D eigenvalue weighted by molar-refractivity contribution is 0.148. The van der Waals surface area contributed by atoms with Gasteiger partial charge >= 0.3 is 6.03 Å². The summed E-state index contributed by atoms with van der Waals surface area (Å²) in [6.07, 6.45) is 2.07. The van der Waals surface area contributed by atoms with Gasteiger partial charge in [0.2, 0.25) is 0 Å². The Balaban J connectivity index is 1.62. The number of fused-ring (bicyclic) bond motifs is 1. The van der Waals surface area contributed by atoms with Crippen molar-refractivity contribution in [2.24, 2.45) is 0 Å². The maximum atomic E-state index is 14.2. The molecular weight excluding hydrogens is 611 g/mol. The van der Waals surface area contributed by atoms with Crippen molar-refractivity contribution >= 4 is 50.2 Å². The van der Waals surface area contributed by atoms with Crippen molar-refractivity contribution in [3.05, 3.63) is 91.0 Å². The fourth-order valence-electron chi connectivity index (χ4n) is 4.94. The molecule has 0 spiro atoms. The highest BCUT2D eigenvalue weighted by Gasteiger charge is 2.50. The van der Waals surface area contributed by atoms with Crippen LogP contribution in [0.4, 0.5) is 4.79 Å². The zero-order valence-electron chi connectivity index (χ0n) is 20.0. The molecule has 10 heteroatoms. The molecule has 2 amide bonds. The minimum Gasteiger partial charge on any atom is -0.368 e. The van der Waals surface area contributed by atoms with E-state index < -0.39 is 22.1 Å². The molecule has 7 nitrogen and oxygen atoms in total. The molecule has 1 atom stereocenters. The number of sulfonamides is 1. The maximum absolute atomic E-state index is 14.2. The third-order valence-electron chi connectivity index (χ3n) is 6.92. The Morgan fingerprint density at radius 1 is 0.944 bits per heavy atom. The largest absolute Gasteiger partial charge is 0.368 e. The first kappa shape index (κ1) is 25.6. The van der Waals surface area contributed by atoms with Crippen LogP contribution in [0.1, 0.15) is 17.5 Å². The molecule has 0 radical (unpaired) electrons. The molecule has 2 fully saturated rings. The van der Waals surface area contributed by atoms with Crippen LogP contribution in [0.5, 0.6) is 0 Å². The van der Waals surface area contributed by atoms with Crippen molar-refractivity contribution in [2.45, 2.75) is 25.6 Å². The molecule has 2 saturated heterocycles. The number of likely N-dealkylation sites (N-methyl/N-ethyl adjacent to an activating group) is 1. The molecule has 2 heterocycles. The number of hydrogen-bond donors (Lipinski definition) is 0. The van der Waals surface area contributed by atoms with E-state index in [1.165, 1.54) is 0 Å². The van der Waals surface area contributed by atoms with Crippen LogP contribution in [0.3, 0.4) is 0 Å². The van der Waals surface area contributed by atoms with Gasteiger partial charge in [-0.1, -0.05) is 54.1 Å². The Hall–Kier alpha value is -2.08. The summed E-state index contributed by atoms with van der Waals surface area (Å²) in [4.78, 5) is 20.1. The SMILES string of the molecule is CN1CCN(C2=C3C(CC(Cl)=C2)N(Cc2ccccc2)C(=O)N(Cc2ccc(I)cc2)S3(=O)=O)CC1. The molecule has 1 unspecified atom stereocenters. The summed E-state index contributed by atoms with van der Waals surface area (Å²) in [7, 11) is -2.02. The summed E-state index contributed by atoms with van der Waals surface area (Å²) in [5.41, 5.74) is 2.31. The lowest BCUT2D eigenvalue weighted by atomic mass is 10.0. The van der Waals surface area contributed by atoms with Crippen molar-refractivity contribution < 1.29 is 13.2 Å². The number of benzene rings is 2. The number of hydrogen-bond acceptors (Lipinski definition) is 5. The van der Waals surface area contributed by atoms with Crippen molar-refractivity contribution in [3.63, 3.8) is 0 Å². The fraction of sp³-hybridized carbons (Fsp3) is 0.346. The van der Waals surface area contributed by atoms with Gasteiger partial charge in [-0.05, 0) is 59.0 Å². The molecule has 0 saturated carbocycles. The first-order chi connectivity index (χ1) is 17.2. The second kappa shape index (κ2) is 10.4. The first-order valence-electron chi connectivity index (χ1n) is 11.9. The minimum atomic E-state index is -4.08. The zero-order valence-corrected chi connectivity index (χ0v) is 23.7. The molecule has 0 aromatic heterocycles. The Morgan fingerprint density at radius 3 is 2.25 bits per heavy atom. The quantitative estimate of drug-likeness (QED) is 0.454. The molecule has 3 aliphatic rings. The maximum Gasteiger partial charge on any atom is 0.335 e. The Morgan fingerprint density at radius 2 is 1.58 bits per heavy atom. The van der Waals surface area contributed by atoms with Crippen LogP contribution in [0, 0.1) is 3.57 Å². The fourth-order valence-corrected chi connectivity index (χ4v) is 7.42. The number of halogens is 2. The Bertz CT molecular complexity index is 1310. The van der Waals surface area contributed by atoms with Crippen LogP contribution in [-0.2, 0) is 23.1 Å². The highest BCUT2D eigenvalue weighted by Crippen LogP contribution is 2.41. The van der Waals surface area contributed by atoms with Gasteiger partial charge in [0, 0.05) is 47.7 Å². The van der Waals surface area contributed by atoms with Gasteiger partial charge in [0.25, 0.3) is 10.0 Å². The molecule has 2 aromatic carbocycles. The monoisotopic (exact) mass is 638 g/mol. The molecule has 0 bridgehead atoms. The van der Waals surface area contributed by atoms with E-state index in [0.717, 1.165) is 32.1 Å². The van der Waals surface area contributed by atoms with Gasteiger partial charge in [0.05, 0.1) is 18.3 Å².